The number of sulfonamides is 1. The Morgan fingerprint density at radius 1 is 1.00 bits per heavy atom. The average Bonchev–Trinajstić information content (AvgIpc) is 2.70. The number of aromatic nitrogens is 1. The Hall–Kier alpha value is -1.79. The van der Waals surface area contributed by atoms with Gasteiger partial charge in [-0.1, -0.05) is 24.3 Å². The van der Waals surface area contributed by atoms with Crippen LogP contribution in [0.15, 0.2) is 47.6 Å². The minimum Gasteiger partial charge on any atom is -0.241 e. The third kappa shape index (κ3) is 2.69. The lowest BCUT2D eigenvalue weighted by Gasteiger charge is -2.19. The van der Waals surface area contributed by atoms with Gasteiger partial charge >= 0.3 is 0 Å². The summed E-state index contributed by atoms with van der Waals surface area (Å²) in [6.45, 7) is 0.685. The second-order valence-corrected chi connectivity index (χ2v) is 6.82. The molecular weight excluding hydrogens is 291 g/mol. The summed E-state index contributed by atoms with van der Waals surface area (Å²) in [5, 5.41) is -0.490. The van der Waals surface area contributed by atoms with Crippen LogP contribution in [0, 0.1) is 5.82 Å². The van der Waals surface area contributed by atoms with E-state index in [4.69, 9.17) is 0 Å². The molecule has 110 valence electrons. The molecule has 1 aromatic heterocycles. The van der Waals surface area contributed by atoms with Crippen LogP contribution in [0.5, 0.6) is 0 Å². The highest BCUT2D eigenvalue weighted by atomic mass is 32.2. The van der Waals surface area contributed by atoms with Crippen LogP contribution in [-0.2, 0) is 22.9 Å². The van der Waals surface area contributed by atoms with Crippen molar-refractivity contribution >= 4 is 10.0 Å². The fourth-order valence-electron chi connectivity index (χ4n) is 2.57. The van der Waals surface area contributed by atoms with Crippen LogP contribution in [-0.4, -0.2) is 30.8 Å². The third-order valence-electron chi connectivity index (χ3n) is 3.69. The SMILES string of the molecule is O=S(=O)(c1ncccc1F)N1CCc2ccccc2CC1. The van der Waals surface area contributed by atoms with Crippen LogP contribution < -0.4 is 0 Å². The van der Waals surface area contributed by atoms with Crippen molar-refractivity contribution < 1.29 is 12.8 Å². The molecule has 0 radical (unpaired) electrons. The lowest BCUT2D eigenvalue weighted by Crippen LogP contribution is -2.34. The fraction of sp³-hybridized carbons (Fsp3) is 0.267. The number of hydrogen-bond donors (Lipinski definition) is 0. The number of halogens is 1. The zero-order valence-electron chi connectivity index (χ0n) is 11.4. The molecular formula is C15H15FN2O2S. The Labute approximate surface area is 123 Å². The molecule has 1 aliphatic heterocycles. The molecule has 0 spiro atoms. The Balaban J connectivity index is 1.91. The topological polar surface area (TPSA) is 50.3 Å². The summed E-state index contributed by atoms with van der Waals surface area (Å²) in [5.74, 6) is -0.806. The highest BCUT2D eigenvalue weighted by Gasteiger charge is 2.29. The summed E-state index contributed by atoms with van der Waals surface area (Å²) >= 11 is 0. The van der Waals surface area contributed by atoms with E-state index in [1.807, 2.05) is 24.3 Å². The van der Waals surface area contributed by atoms with Gasteiger partial charge in [-0.05, 0) is 36.1 Å². The minimum atomic E-state index is -3.89. The van der Waals surface area contributed by atoms with E-state index in [1.54, 1.807) is 0 Å². The van der Waals surface area contributed by atoms with E-state index < -0.39 is 20.9 Å². The normalized spacial score (nSPS) is 16.2. The highest BCUT2D eigenvalue weighted by Crippen LogP contribution is 2.21. The summed E-state index contributed by atoms with van der Waals surface area (Å²) in [6.07, 6.45) is 2.55. The van der Waals surface area contributed by atoms with Gasteiger partial charge in [-0.15, -0.1) is 0 Å². The van der Waals surface area contributed by atoms with Gasteiger partial charge in [-0.25, -0.2) is 17.8 Å². The molecule has 0 amide bonds. The minimum absolute atomic E-state index is 0.343. The maximum atomic E-state index is 13.7. The first-order valence-electron chi connectivity index (χ1n) is 6.76. The lowest BCUT2D eigenvalue weighted by molar-refractivity contribution is 0.419. The van der Waals surface area contributed by atoms with Gasteiger partial charge in [0.25, 0.3) is 10.0 Å². The number of rotatable bonds is 2. The molecule has 1 aromatic carbocycles. The van der Waals surface area contributed by atoms with Gasteiger partial charge in [0.05, 0.1) is 0 Å². The number of fused-ring (bicyclic) bond motifs is 1. The summed E-state index contributed by atoms with van der Waals surface area (Å²) in [5.41, 5.74) is 2.30. The molecule has 2 aromatic rings. The predicted octanol–water partition coefficient (Wildman–Crippen LogP) is 2.01. The van der Waals surface area contributed by atoms with Crippen molar-refractivity contribution in [2.75, 3.05) is 13.1 Å². The second kappa shape index (κ2) is 5.54. The third-order valence-corrected chi connectivity index (χ3v) is 5.52. The van der Waals surface area contributed by atoms with Crippen molar-refractivity contribution in [2.24, 2.45) is 0 Å². The van der Waals surface area contributed by atoms with Crippen LogP contribution >= 0.6 is 0 Å². The number of benzene rings is 1. The molecule has 0 atom stereocenters. The summed E-state index contributed by atoms with van der Waals surface area (Å²) in [7, 11) is -3.89. The van der Waals surface area contributed by atoms with Crippen molar-refractivity contribution in [3.8, 4) is 0 Å². The van der Waals surface area contributed by atoms with Gasteiger partial charge < -0.3 is 0 Å². The molecule has 0 unspecified atom stereocenters. The van der Waals surface area contributed by atoms with E-state index in [0.717, 1.165) is 17.2 Å². The lowest BCUT2D eigenvalue weighted by atomic mass is 10.0. The Bertz CT molecular complexity index is 735. The molecule has 0 bridgehead atoms. The Morgan fingerprint density at radius 2 is 1.62 bits per heavy atom. The van der Waals surface area contributed by atoms with Crippen LogP contribution in [0.1, 0.15) is 11.1 Å². The molecule has 0 saturated carbocycles. The number of nitrogens with zero attached hydrogens (tertiary/aromatic N) is 2. The van der Waals surface area contributed by atoms with Crippen molar-refractivity contribution in [3.63, 3.8) is 0 Å². The van der Waals surface area contributed by atoms with Gasteiger partial charge in [0.1, 0.15) is 0 Å². The largest absolute Gasteiger partial charge is 0.263 e. The zero-order chi connectivity index (χ0) is 14.9. The van der Waals surface area contributed by atoms with Gasteiger partial charge in [0.2, 0.25) is 5.03 Å². The van der Waals surface area contributed by atoms with Gasteiger partial charge in [-0.2, -0.15) is 4.31 Å². The van der Waals surface area contributed by atoms with Crippen molar-refractivity contribution in [3.05, 3.63) is 59.5 Å². The van der Waals surface area contributed by atoms with E-state index >= 15 is 0 Å². The maximum absolute atomic E-state index is 13.7. The van der Waals surface area contributed by atoms with Crippen LogP contribution in [0.3, 0.4) is 0 Å². The fourth-order valence-corrected chi connectivity index (χ4v) is 3.99. The first-order chi connectivity index (χ1) is 10.1. The van der Waals surface area contributed by atoms with E-state index in [-0.39, 0.29) is 0 Å². The highest BCUT2D eigenvalue weighted by molar-refractivity contribution is 7.89. The maximum Gasteiger partial charge on any atom is 0.263 e. The van der Waals surface area contributed by atoms with Crippen molar-refractivity contribution in [1.82, 2.24) is 9.29 Å². The molecule has 0 fully saturated rings. The molecule has 1 aliphatic rings. The monoisotopic (exact) mass is 306 g/mol. The second-order valence-electron chi connectivity index (χ2n) is 4.96. The van der Waals surface area contributed by atoms with E-state index in [2.05, 4.69) is 4.98 Å². The summed E-state index contributed by atoms with van der Waals surface area (Å²) < 4.78 is 40.1. The smallest absolute Gasteiger partial charge is 0.241 e. The number of hydrogen-bond acceptors (Lipinski definition) is 3. The van der Waals surface area contributed by atoms with Gasteiger partial charge in [0.15, 0.2) is 5.82 Å². The molecule has 0 aliphatic carbocycles. The first kappa shape index (κ1) is 14.2. The standard InChI is InChI=1S/C15H15FN2O2S/c16-14-6-3-9-17-15(14)21(19,20)18-10-7-12-4-1-2-5-13(12)8-11-18/h1-6,9H,7-8,10-11H2. The van der Waals surface area contributed by atoms with E-state index in [1.165, 1.54) is 16.6 Å². The molecule has 21 heavy (non-hydrogen) atoms. The van der Waals surface area contributed by atoms with Gasteiger partial charge in [-0.3, -0.25) is 0 Å². The molecule has 3 rings (SSSR count). The van der Waals surface area contributed by atoms with Crippen LogP contribution in [0.2, 0.25) is 0 Å². The zero-order valence-corrected chi connectivity index (χ0v) is 12.2. The quantitative estimate of drug-likeness (QED) is 0.853. The molecule has 6 heteroatoms. The molecule has 2 heterocycles. The average molecular weight is 306 g/mol. The summed E-state index contributed by atoms with van der Waals surface area (Å²) in [4.78, 5) is 3.70. The van der Waals surface area contributed by atoms with Crippen LogP contribution in [0.4, 0.5) is 4.39 Å². The molecule has 0 N–H and O–H groups in total. The summed E-state index contributed by atoms with van der Waals surface area (Å²) in [6, 6.07) is 10.4. The van der Waals surface area contributed by atoms with Gasteiger partial charge in [0, 0.05) is 19.3 Å². The Kier molecular flexibility index (Phi) is 3.73. The van der Waals surface area contributed by atoms with E-state index in [0.29, 0.717) is 25.9 Å². The molecule has 4 nitrogen and oxygen atoms in total. The predicted molar refractivity (Wildman–Crippen MR) is 76.8 cm³/mol. The first-order valence-corrected chi connectivity index (χ1v) is 8.20. The van der Waals surface area contributed by atoms with Crippen molar-refractivity contribution in [1.29, 1.82) is 0 Å². The molecule has 0 saturated heterocycles. The van der Waals surface area contributed by atoms with Crippen molar-refractivity contribution in [2.45, 2.75) is 17.9 Å². The Morgan fingerprint density at radius 3 is 2.19 bits per heavy atom. The van der Waals surface area contributed by atoms with E-state index in [9.17, 15) is 12.8 Å². The number of pyridine rings is 1. The van der Waals surface area contributed by atoms with Crippen LogP contribution in [0.25, 0.3) is 0 Å².